The molecule has 0 radical (unpaired) electrons. The van der Waals surface area contributed by atoms with E-state index in [0.717, 1.165) is 25.1 Å². The lowest BCUT2D eigenvalue weighted by molar-refractivity contribution is -0.165. The Morgan fingerprint density at radius 2 is 1.85 bits per heavy atom. The number of ketones is 1. The molecule has 9 heteroatoms. The second-order valence-corrected chi connectivity index (χ2v) is 5.88. The first kappa shape index (κ1) is 14.5. The minimum Gasteiger partial charge on any atom is -0.354 e. The summed E-state index contributed by atoms with van der Waals surface area (Å²) in [5.74, 6) is -3.43. The Hall–Kier alpha value is -1.90. The third kappa shape index (κ3) is 2.07. The van der Waals surface area contributed by atoms with Crippen LogP contribution in [-0.4, -0.2) is 20.4 Å². The fourth-order valence-corrected chi connectivity index (χ4v) is 3.54. The molecule has 1 N–H and O–H groups in total. The highest BCUT2D eigenvalue weighted by molar-refractivity contribution is 7.96. The first-order chi connectivity index (χ1) is 9.06. The van der Waals surface area contributed by atoms with Gasteiger partial charge in [0.25, 0.3) is 5.78 Å². The normalized spacial score (nSPS) is 17.4. The van der Waals surface area contributed by atoms with Crippen molar-refractivity contribution in [2.24, 2.45) is 0 Å². The lowest BCUT2D eigenvalue weighted by atomic mass is 10.2. The minimum atomic E-state index is -5.34. The van der Waals surface area contributed by atoms with E-state index in [2.05, 4.69) is 5.32 Å². The maximum absolute atomic E-state index is 13.5. The monoisotopic (exact) mass is 309 g/mol. The molecule has 1 aliphatic rings. The summed E-state index contributed by atoms with van der Waals surface area (Å²) in [6.45, 7) is 0.964. The van der Waals surface area contributed by atoms with Gasteiger partial charge in [0, 0.05) is 5.70 Å². The van der Waals surface area contributed by atoms with E-state index in [0.29, 0.717) is 0 Å². The minimum absolute atomic E-state index is 0.469. The van der Waals surface area contributed by atoms with E-state index in [-0.39, 0.29) is 0 Å². The van der Waals surface area contributed by atoms with Crippen LogP contribution in [-0.2, 0) is 14.6 Å². The Morgan fingerprint density at radius 3 is 2.40 bits per heavy atom. The molecule has 0 spiro atoms. The summed E-state index contributed by atoms with van der Waals surface area (Å²) in [6.07, 6.45) is -5.34. The predicted molar refractivity (Wildman–Crippen MR) is 61.0 cm³/mol. The van der Waals surface area contributed by atoms with Crippen LogP contribution in [0.4, 0.5) is 23.2 Å². The van der Waals surface area contributed by atoms with Gasteiger partial charge in [-0.15, -0.1) is 0 Å². The van der Waals surface area contributed by atoms with Gasteiger partial charge >= 0.3 is 6.18 Å². The molecular formula is C11H7F4NO3S. The summed E-state index contributed by atoms with van der Waals surface area (Å²) in [5, 5.41) is 2.19. The van der Waals surface area contributed by atoms with E-state index >= 15 is 0 Å². The van der Waals surface area contributed by atoms with Gasteiger partial charge in [-0.3, -0.25) is 4.79 Å². The van der Waals surface area contributed by atoms with E-state index in [1.807, 2.05) is 0 Å². The van der Waals surface area contributed by atoms with Gasteiger partial charge in [-0.05, 0) is 19.1 Å². The number of alkyl halides is 3. The summed E-state index contributed by atoms with van der Waals surface area (Å²) in [6, 6.07) is 2.91. The molecule has 2 rings (SSSR count). The third-order valence-corrected chi connectivity index (χ3v) is 4.60. The molecule has 1 heterocycles. The van der Waals surface area contributed by atoms with Crippen LogP contribution in [0, 0.1) is 5.82 Å². The molecule has 0 saturated heterocycles. The van der Waals surface area contributed by atoms with Crippen molar-refractivity contribution in [1.29, 1.82) is 0 Å². The van der Waals surface area contributed by atoms with Gasteiger partial charge in [-0.25, -0.2) is 12.8 Å². The van der Waals surface area contributed by atoms with Crippen molar-refractivity contribution in [1.82, 2.24) is 0 Å². The molecule has 1 aliphatic heterocycles. The summed E-state index contributed by atoms with van der Waals surface area (Å²) in [4.78, 5) is 9.13. The number of benzene rings is 1. The van der Waals surface area contributed by atoms with Crippen molar-refractivity contribution >= 4 is 21.3 Å². The molecule has 1 aromatic rings. The van der Waals surface area contributed by atoms with E-state index < -0.39 is 48.8 Å². The fraction of sp³-hybridized carbons (Fsp3) is 0.182. The first-order valence-electron chi connectivity index (χ1n) is 5.20. The lowest BCUT2D eigenvalue weighted by Crippen LogP contribution is -2.32. The number of halogens is 4. The number of sulfone groups is 1. The van der Waals surface area contributed by atoms with Gasteiger partial charge in [0.1, 0.15) is 10.7 Å². The molecular weight excluding hydrogens is 302 g/mol. The molecule has 0 bridgehead atoms. The van der Waals surface area contributed by atoms with E-state index in [1.165, 1.54) is 0 Å². The summed E-state index contributed by atoms with van der Waals surface area (Å²) in [7, 11) is -4.73. The van der Waals surface area contributed by atoms with E-state index in [1.54, 1.807) is 0 Å². The highest BCUT2D eigenvalue weighted by Crippen LogP contribution is 2.38. The molecule has 0 aromatic heterocycles. The van der Waals surface area contributed by atoms with E-state index in [9.17, 15) is 30.8 Å². The quantitative estimate of drug-likeness (QED) is 0.809. The smallest absolute Gasteiger partial charge is 0.354 e. The van der Waals surface area contributed by atoms with Crippen molar-refractivity contribution < 1.29 is 30.8 Å². The lowest BCUT2D eigenvalue weighted by Gasteiger charge is -2.22. The van der Waals surface area contributed by atoms with Crippen LogP contribution in [0.5, 0.6) is 0 Å². The zero-order valence-electron chi connectivity index (χ0n) is 9.88. The van der Waals surface area contributed by atoms with Crippen molar-refractivity contribution in [3.63, 3.8) is 0 Å². The molecule has 0 unspecified atom stereocenters. The van der Waals surface area contributed by atoms with Crippen LogP contribution in [0.1, 0.15) is 6.92 Å². The van der Waals surface area contributed by atoms with Gasteiger partial charge in [-0.1, -0.05) is 6.07 Å². The Balaban J connectivity index is 2.72. The number of hydrogen-bond acceptors (Lipinski definition) is 4. The maximum atomic E-state index is 13.5. The second kappa shape index (κ2) is 4.30. The van der Waals surface area contributed by atoms with Gasteiger partial charge in [-0.2, -0.15) is 13.2 Å². The van der Waals surface area contributed by atoms with Crippen molar-refractivity contribution in [3.05, 3.63) is 34.6 Å². The van der Waals surface area contributed by atoms with Gasteiger partial charge < -0.3 is 5.32 Å². The number of para-hydroxylation sites is 1. The molecule has 4 nitrogen and oxygen atoms in total. The number of fused-ring (bicyclic) bond motifs is 1. The van der Waals surface area contributed by atoms with Gasteiger partial charge in [0.05, 0.1) is 10.6 Å². The number of hydrogen-bond donors (Lipinski definition) is 1. The van der Waals surface area contributed by atoms with Gasteiger partial charge in [0.15, 0.2) is 0 Å². The van der Waals surface area contributed by atoms with Gasteiger partial charge in [0.2, 0.25) is 9.84 Å². The zero-order chi connectivity index (χ0) is 15.3. The largest absolute Gasteiger partial charge is 0.455 e. The Bertz CT molecular complexity index is 735. The van der Waals surface area contributed by atoms with Crippen LogP contribution in [0.25, 0.3) is 0 Å². The number of nitrogens with one attached hydrogen (secondary N) is 1. The number of carbonyl (C=O) groups is 1. The highest BCUT2D eigenvalue weighted by Gasteiger charge is 2.48. The average Bonchev–Trinajstić information content (AvgIpc) is 2.29. The molecule has 0 aliphatic carbocycles. The number of allylic oxidation sites excluding steroid dienone is 2. The topological polar surface area (TPSA) is 63.2 Å². The molecule has 0 fully saturated rings. The summed E-state index contributed by atoms with van der Waals surface area (Å²) in [5.41, 5.74) is -1.03. The number of carbonyl (C=O) groups excluding carboxylic acids is 1. The fourth-order valence-electron chi connectivity index (χ4n) is 1.83. The predicted octanol–water partition coefficient (Wildman–Crippen LogP) is 2.39. The molecule has 108 valence electrons. The number of rotatable bonds is 1. The molecule has 0 amide bonds. The molecule has 0 atom stereocenters. The second-order valence-electron chi connectivity index (χ2n) is 4.02. The van der Waals surface area contributed by atoms with Crippen LogP contribution in [0.2, 0.25) is 0 Å². The highest BCUT2D eigenvalue weighted by atomic mass is 32.2. The number of anilines is 1. The van der Waals surface area contributed by atoms with E-state index in [4.69, 9.17) is 0 Å². The SMILES string of the molecule is CC1=C(C(=O)C(F)(F)F)S(=O)(=O)c2cccc(F)c2N1. The van der Waals surface area contributed by atoms with Crippen LogP contribution in [0.15, 0.2) is 33.7 Å². The molecule has 1 aromatic carbocycles. The zero-order valence-corrected chi connectivity index (χ0v) is 10.7. The van der Waals surface area contributed by atoms with Crippen LogP contribution in [0.3, 0.4) is 0 Å². The Labute approximate surface area is 111 Å². The van der Waals surface area contributed by atoms with Crippen molar-refractivity contribution in [3.8, 4) is 0 Å². The first-order valence-corrected chi connectivity index (χ1v) is 6.68. The van der Waals surface area contributed by atoms with Crippen LogP contribution >= 0.6 is 0 Å². The molecule has 0 saturated carbocycles. The summed E-state index contributed by atoms with van der Waals surface area (Å²) >= 11 is 0. The Kier molecular flexibility index (Phi) is 3.12. The average molecular weight is 309 g/mol. The standard InChI is InChI=1S/C11H7F4NO3S/c1-5-9(10(17)11(13,14)15)20(18,19)7-4-2-3-6(12)8(7)16-5/h2-4,16H,1H3. The number of Topliss-reactive ketones (excluding diaryl/α,β-unsaturated/α-hetero) is 1. The third-order valence-electron chi connectivity index (χ3n) is 2.65. The summed E-state index contributed by atoms with van der Waals surface area (Å²) < 4.78 is 75.0. The van der Waals surface area contributed by atoms with Crippen molar-refractivity contribution in [2.45, 2.75) is 18.0 Å². The van der Waals surface area contributed by atoms with Crippen molar-refractivity contribution in [2.75, 3.05) is 5.32 Å². The van der Waals surface area contributed by atoms with Crippen LogP contribution < -0.4 is 5.32 Å². The molecule has 20 heavy (non-hydrogen) atoms. The maximum Gasteiger partial charge on any atom is 0.455 e. The Morgan fingerprint density at radius 1 is 1.25 bits per heavy atom.